The number of carbonyl (C=O) groups is 1. The van der Waals surface area contributed by atoms with E-state index >= 15 is 0 Å². The quantitative estimate of drug-likeness (QED) is 0.873. The Morgan fingerprint density at radius 1 is 1.56 bits per heavy atom. The van der Waals surface area contributed by atoms with Crippen molar-refractivity contribution in [2.24, 2.45) is 5.92 Å². The van der Waals surface area contributed by atoms with E-state index in [-0.39, 0.29) is 5.91 Å². The van der Waals surface area contributed by atoms with E-state index < -0.39 is 0 Å². The molecule has 0 radical (unpaired) electrons. The highest BCUT2D eigenvalue weighted by molar-refractivity contribution is 9.10. The van der Waals surface area contributed by atoms with Gasteiger partial charge in [-0.3, -0.25) is 4.79 Å². The van der Waals surface area contributed by atoms with E-state index in [2.05, 4.69) is 35.1 Å². The summed E-state index contributed by atoms with van der Waals surface area (Å²) in [5.74, 6) is 0.458. The van der Waals surface area contributed by atoms with Crippen LogP contribution in [0.4, 0.5) is 5.69 Å². The molecular weight excluding hydrogens is 289 g/mol. The SMILES string of the molecule is CCC(C)CC(=O)Nc1ccc(Cl)c(Br)c1. The van der Waals surface area contributed by atoms with Gasteiger partial charge in [-0.15, -0.1) is 0 Å². The summed E-state index contributed by atoms with van der Waals surface area (Å²) in [5, 5.41) is 3.49. The van der Waals surface area contributed by atoms with Gasteiger partial charge in [-0.05, 0) is 40.0 Å². The summed E-state index contributed by atoms with van der Waals surface area (Å²) in [7, 11) is 0. The summed E-state index contributed by atoms with van der Waals surface area (Å²) in [6.45, 7) is 4.15. The molecule has 1 amide bonds. The van der Waals surface area contributed by atoms with Gasteiger partial charge in [0.05, 0.1) is 5.02 Å². The third-order valence-corrected chi connectivity index (χ3v) is 3.65. The van der Waals surface area contributed by atoms with Crippen LogP contribution in [0.25, 0.3) is 0 Å². The van der Waals surface area contributed by atoms with Crippen molar-refractivity contribution in [3.63, 3.8) is 0 Å². The first-order valence-electron chi connectivity index (χ1n) is 5.27. The maximum absolute atomic E-state index is 11.6. The van der Waals surface area contributed by atoms with Crippen LogP contribution in [0.3, 0.4) is 0 Å². The van der Waals surface area contributed by atoms with Crippen LogP contribution < -0.4 is 5.32 Å². The van der Waals surface area contributed by atoms with Gasteiger partial charge in [-0.25, -0.2) is 0 Å². The van der Waals surface area contributed by atoms with Gasteiger partial charge >= 0.3 is 0 Å². The van der Waals surface area contributed by atoms with E-state index in [1.165, 1.54) is 0 Å². The van der Waals surface area contributed by atoms with Crippen LogP contribution in [0.15, 0.2) is 22.7 Å². The van der Waals surface area contributed by atoms with Crippen molar-refractivity contribution in [3.8, 4) is 0 Å². The molecule has 2 nitrogen and oxygen atoms in total. The van der Waals surface area contributed by atoms with E-state index in [0.29, 0.717) is 17.4 Å². The second-order valence-corrected chi connectivity index (χ2v) is 5.16. The summed E-state index contributed by atoms with van der Waals surface area (Å²) in [4.78, 5) is 11.6. The zero-order chi connectivity index (χ0) is 12.1. The van der Waals surface area contributed by atoms with Crippen LogP contribution in [-0.2, 0) is 4.79 Å². The van der Waals surface area contributed by atoms with Crippen LogP contribution >= 0.6 is 27.5 Å². The Kier molecular flexibility index (Phi) is 5.29. The smallest absolute Gasteiger partial charge is 0.224 e. The monoisotopic (exact) mass is 303 g/mol. The van der Waals surface area contributed by atoms with Crippen LogP contribution in [0.5, 0.6) is 0 Å². The molecule has 4 heteroatoms. The Balaban J connectivity index is 2.59. The third-order valence-electron chi connectivity index (χ3n) is 2.43. The summed E-state index contributed by atoms with van der Waals surface area (Å²) in [6, 6.07) is 5.35. The highest BCUT2D eigenvalue weighted by atomic mass is 79.9. The summed E-state index contributed by atoms with van der Waals surface area (Å²) >= 11 is 9.18. The highest BCUT2D eigenvalue weighted by Crippen LogP contribution is 2.25. The Morgan fingerprint density at radius 2 is 2.25 bits per heavy atom. The maximum Gasteiger partial charge on any atom is 0.224 e. The number of halogens is 2. The summed E-state index contributed by atoms with van der Waals surface area (Å²) in [6.07, 6.45) is 1.56. The molecule has 1 atom stereocenters. The lowest BCUT2D eigenvalue weighted by atomic mass is 10.1. The number of amides is 1. The van der Waals surface area contributed by atoms with E-state index in [9.17, 15) is 4.79 Å². The zero-order valence-corrected chi connectivity index (χ0v) is 11.7. The van der Waals surface area contributed by atoms with Crippen LogP contribution in [0.2, 0.25) is 5.02 Å². The predicted octanol–water partition coefficient (Wildman–Crippen LogP) is 4.48. The molecular formula is C12H15BrClNO. The Labute approximate surface area is 110 Å². The Morgan fingerprint density at radius 3 is 2.81 bits per heavy atom. The van der Waals surface area contributed by atoms with Crippen molar-refractivity contribution >= 4 is 39.1 Å². The van der Waals surface area contributed by atoms with Gasteiger partial charge in [0.1, 0.15) is 0 Å². The molecule has 1 aromatic carbocycles. The number of nitrogens with one attached hydrogen (secondary N) is 1. The molecule has 88 valence electrons. The second kappa shape index (κ2) is 6.26. The minimum Gasteiger partial charge on any atom is -0.326 e. The predicted molar refractivity (Wildman–Crippen MR) is 71.9 cm³/mol. The number of rotatable bonds is 4. The Hall–Kier alpha value is -0.540. The number of hydrogen-bond acceptors (Lipinski definition) is 1. The van der Waals surface area contributed by atoms with Gasteiger partial charge in [-0.1, -0.05) is 31.9 Å². The first kappa shape index (κ1) is 13.5. The fraction of sp³-hybridized carbons (Fsp3) is 0.417. The van der Waals surface area contributed by atoms with Crippen molar-refractivity contribution in [3.05, 3.63) is 27.7 Å². The molecule has 0 heterocycles. The Bertz CT molecular complexity index is 381. The topological polar surface area (TPSA) is 29.1 Å². The van der Waals surface area contributed by atoms with Crippen molar-refractivity contribution in [1.82, 2.24) is 0 Å². The minimum atomic E-state index is 0.0450. The second-order valence-electron chi connectivity index (χ2n) is 3.89. The first-order valence-corrected chi connectivity index (χ1v) is 6.45. The van der Waals surface area contributed by atoms with Gasteiger partial charge in [0.2, 0.25) is 5.91 Å². The number of hydrogen-bond donors (Lipinski definition) is 1. The highest BCUT2D eigenvalue weighted by Gasteiger charge is 2.08. The molecule has 0 saturated heterocycles. The molecule has 0 aromatic heterocycles. The van der Waals surface area contributed by atoms with Crippen molar-refractivity contribution < 1.29 is 4.79 Å². The maximum atomic E-state index is 11.6. The van der Waals surface area contributed by atoms with Crippen molar-refractivity contribution in [1.29, 1.82) is 0 Å². The van der Waals surface area contributed by atoms with Gasteiger partial charge in [0.15, 0.2) is 0 Å². The number of carbonyl (C=O) groups excluding carboxylic acids is 1. The standard InChI is InChI=1S/C12H15BrClNO/c1-3-8(2)6-12(16)15-9-4-5-11(14)10(13)7-9/h4-5,7-8H,3,6H2,1-2H3,(H,15,16). The van der Waals surface area contributed by atoms with E-state index in [4.69, 9.17) is 11.6 Å². The van der Waals surface area contributed by atoms with E-state index in [1.54, 1.807) is 18.2 Å². The molecule has 0 saturated carbocycles. The third kappa shape index (κ3) is 4.14. The molecule has 1 N–H and O–H groups in total. The largest absolute Gasteiger partial charge is 0.326 e. The molecule has 0 fully saturated rings. The number of anilines is 1. The fourth-order valence-corrected chi connectivity index (χ4v) is 1.74. The van der Waals surface area contributed by atoms with Crippen LogP contribution in [0.1, 0.15) is 26.7 Å². The lowest BCUT2D eigenvalue weighted by Gasteiger charge is -2.09. The summed E-state index contributed by atoms with van der Waals surface area (Å²) < 4.78 is 0.788. The fourth-order valence-electron chi connectivity index (χ4n) is 1.25. The summed E-state index contributed by atoms with van der Waals surface area (Å²) in [5.41, 5.74) is 0.768. The lowest BCUT2D eigenvalue weighted by Crippen LogP contribution is -2.14. The van der Waals surface area contributed by atoms with Gasteiger partial charge in [0, 0.05) is 16.6 Å². The normalized spacial score (nSPS) is 12.2. The van der Waals surface area contributed by atoms with Crippen LogP contribution in [-0.4, -0.2) is 5.91 Å². The van der Waals surface area contributed by atoms with E-state index in [0.717, 1.165) is 16.6 Å². The van der Waals surface area contributed by atoms with Crippen molar-refractivity contribution in [2.45, 2.75) is 26.7 Å². The molecule has 16 heavy (non-hydrogen) atoms. The van der Waals surface area contributed by atoms with Gasteiger partial charge in [0.25, 0.3) is 0 Å². The molecule has 1 rings (SSSR count). The molecule has 0 aliphatic heterocycles. The first-order chi connectivity index (χ1) is 7.52. The molecule has 1 unspecified atom stereocenters. The van der Waals surface area contributed by atoms with Gasteiger partial charge in [-0.2, -0.15) is 0 Å². The number of benzene rings is 1. The van der Waals surface area contributed by atoms with Crippen LogP contribution in [0, 0.1) is 5.92 Å². The average Bonchev–Trinajstić information content (AvgIpc) is 2.23. The molecule has 1 aromatic rings. The molecule has 0 aliphatic carbocycles. The average molecular weight is 305 g/mol. The molecule has 0 bridgehead atoms. The zero-order valence-electron chi connectivity index (χ0n) is 9.39. The molecule has 0 spiro atoms. The van der Waals surface area contributed by atoms with Gasteiger partial charge < -0.3 is 5.32 Å². The van der Waals surface area contributed by atoms with Crippen molar-refractivity contribution in [2.75, 3.05) is 5.32 Å². The lowest BCUT2D eigenvalue weighted by molar-refractivity contribution is -0.117. The molecule has 0 aliphatic rings. The van der Waals surface area contributed by atoms with E-state index in [1.807, 2.05) is 0 Å². The minimum absolute atomic E-state index is 0.0450.